The topological polar surface area (TPSA) is 111 Å². The van der Waals surface area contributed by atoms with Crippen molar-refractivity contribution in [3.63, 3.8) is 0 Å². The van der Waals surface area contributed by atoms with Crippen LogP contribution in [0, 0.1) is 0 Å². The van der Waals surface area contributed by atoms with Gasteiger partial charge in [0.05, 0.1) is 25.2 Å². The van der Waals surface area contributed by atoms with Crippen molar-refractivity contribution >= 4 is 35.0 Å². The summed E-state index contributed by atoms with van der Waals surface area (Å²) < 4.78 is 12.6. The van der Waals surface area contributed by atoms with Gasteiger partial charge in [-0.05, 0) is 80.6 Å². The van der Waals surface area contributed by atoms with E-state index in [1.807, 2.05) is 47.9 Å². The van der Waals surface area contributed by atoms with E-state index in [4.69, 9.17) is 21.1 Å². The summed E-state index contributed by atoms with van der Waals surface area (Å²) in [7, 11) is 1.47. The molecule has 2 N–H and O–H groups in total. The van der Waals surface area contributed by atoms with Gasteiger partial charge in [-0.3, -0.25) is 9.36 Å². The fourth-order valence-corrected chi connectivity index (χ4v) is 4.39. The van der Waals surface area contributed by atoms with Crippen molar-refractivity contribution in [1.82, 2.24) is 20.2 Å². The minimum atomic E-state index is -0.311. The van der Waals surface area contributed by atoms with Crippen LogP contribution in [0.3, 0.4) is 0 Å². The molecule has 0 radical (unpaired) electrons. The first kappa shape index (κ1) is 27.0. The predicted molar refractivity (Wildman–Crippen MR) is 149 cm³/mol. The number of aromatic nitrogens is 3. The van der Waals surface area contributed by atoms with E-state index >= 15 is 0 Å². The van der Waals surface area contributed by atoms with Gasteiger partial charge in [0.25, 0.3) is 5.91 Å². The molecular weight excluding hydrogens is 526 g/mol. The third-order valence-corrected chi connectivity index (χ3v) is 6.60. The Labute approximate surface area is 229 Å². The van der Waals surface area contributed by atoms with Crippen LogP contribution in [-0.4, -0.2) is 51.0 Å². The second-order valence-electron chi connectivity index (χ2n) is 7.98. The van der Waals surface area contributed by atoms with Crippen LogP contribution in [-0.2, 0) is 4.79 Å². The van der Waals surface area contributed by atoms with Gasteiger partial charge in [-0.2, -0.15) is 5.10 Å². The number of hydrogen-bond donors (Lipinski definition) is 2. The molecule has 0 fully saturated rings. The molecule has 38 heavy (non-hydrogen) atoms. The minimum Gasteiger partial charge on any atom is -0.504 e. The molecule has 1 aromatic heterocycles. The van der Waals surface area contributed by atoms with Crippen molar-refractivity contribution in [3.8, 4) is 34.3 Å². The quantitative estimate of drug-likeness (QED) is 0.156. The molecule has 4 rings (SSSR count). The lowest BCUT2D eigenvalue weighted by atomic mass is 10.1. The number of amides is 1. The number of rotatable bonds is 10. The van der Waals surface area contributed by atoms with Gasteiger partial charge in [-0.15, -0.1) is 10.2 Å². The second kappa shape index (κ2) is 12.5. The summed E-state index contributed by atoms with van der Waals surface area (Å²) in [5.74, 6) is 1.47. The van der Waals surface area contributed by atoms with Crippen molar-refractivity contribution < 1.29 is 19.4 Å². The predicted octanol–water partition coefficient (Wildman–Crippen LogP) is 5.33. The molecule has 0 saturated heterocycles. The van der Waals surface area contributed by atoms with Gasteiger partial charge in [0.1, 0.15) is 5.75 Å². The minimum absolute atomic E-state index is 0.0269. The first-order valence-corrected chi connectivity index (χ1v) is 13.0. The number of nitrogens with zero attached hydrogens (tertiary/aromatic N) is 4. The van der Waals surface area contributed by atoms with Crippen molar-refractivity contribution in [1.29, 1.82) is 0 Å². The van der Waals surface area contributed by atoms with E-state index in [2.05, 4.69) is 20.7 Å². The smallest absolute Gasteiger partial charge is 0.250 e. The maximum absolute atomic E-state index is 12.6. The summed E-state index contributed by atoms with van der Waals surface area (Å²) in [5, 5.41) is 23.9. The van der Waals surface area contributed by atoms with Gasteiger partial charge >= 0.3 is 0 Å². The van der Waals surface area contributed by atoms with Gasteiger partial charge in [-0.1, -0.05) is 23.4 Å². The third-order valence-electron chi connectivity index (χ3n) is 5.42. The van der Waals surface area contributed by atoms with Gasteiger partial charge in [0.2, 0.25) is 0 Å². The van der Waals surface area contributed by atoms with Gasteiger partial charge in [-0.25, -0.2) is 5.43 Å². The van der Waals surface area contributed by atoms with Gasteiger partial charge in [0.15, 0.2) is 22.5 Å². The first-order chi connectivity index (χ1) is 18.4. The van der Waals surface area contributed by atoms with Crippen LogP contribution < -0.4 is 14.9 Å². The summed E-state index contributed by atoms with van der Waals surface area (Å²) in [6.07, 6.45) is 0. The SMILES string of the molecule is CCOc1ccc(-n2c(SCC(=O)N/N=C(/C)c3ccc(O)c(OC)c3)nnc2-c2ccc(Cl)cc2)cc1. The molecule has 0 aliphatic carbocycles. The lowest BCUT2D eigenvalue weighted by molar-refractivity contribution is -0.118. The molecule has 0 spiro atoms. The highest BCUT2D eigenvalue weighted by atomic mass is 35.5. The summed E-state index contributed by atoms with van der Waals surface area (Å²) in [5.41, 5.74) is 5.48. The molecule has 196 valence electrons. The number of hydrazone groups is 1. The molecule has 9 nitrogen and oxygen atoms in total. The van der Waals surface area contributed by atoms with E-state index in [9.17, 15) is 9.90 Å². The Morgan fingerprint density at radius 3 is 2.53 bits per heavy atom. The standard InChI is InChI=1S/C27H26ClN5O4S/c1-4-37-22-12-10-21(11-13-22)33-26(18-5-8-20(28)9-6-18)31-32-27(33)38-16-25(35)30-29-17(2)19-7-14-23(34)24(15-19)36-3/h5-15,34H,4,16H2,1-3H3,(H,30,35)/b29-17-. The maximum Gasteiger partial charge on any atom is 0.250 e. The van der Waals surface area contributed by atoms with Crippen LogP contribution in [0.25, 0.3) is 17.1 Å². The molecule has 0 aliphatic heterocycles. The van der Waals surface area contributed by atoms with Crippen LogP contribution in [0.4, 0.5) is 0 Å². The summed E-state index contributed by atoms with van der Waals surface area (Å²) >= 11 is 7.31. The number of methoxy groups -OCH3 is 1. The van der Waals surface area contributed by atoms with E-state index in [-0.39, 0.29) is 17.4 Å². The average molecular weight is 552 g/mol. The van der Waals surface area contributed by atoms with Gasteiger partial charge < -0.3 is 14.6 Å². The van der Waals surface area contributed by atoms with E-state index in [1.54, 1.807) is 31.2 Å². The number of carbonyl (C=O) groups excluding carboxylic acids is 1. The summed E-state index contributed by atoms with van der Waals surface area (Å²) in [6.45, 7) is 4.25. The fraction of sp³-hybridized carbons (Fsp3) is 0.185. The largest absolute Gasteiger partial charge is 0.504 e. The number of nitrogens with one attached hydrogen (secondary N) is 1. The van der Waals surface area contributed by atoms with E-state index in [0.717, 1.165) is 17.0 Å². The van der Waals surface area contributed by atoms with Gasteiger partial charge in [0, 0.05) is 21.8 Å². The van der Waals surface area contributed by atoms with Crippen LogP contribution >= 0.6 is 23.4 Å². The molecule has 0 aliphatic rings. The highest BCUT2D eigenvalue weighted by molar-refractivity contribution is 7.99. The Kier molecular flexibility index (Phi) is 8.88. The maximum atomic E-state index is 12.6. The van der Waals surface area contributed by atoms with Crippen LogP contribution in [0.5, 0.6) is 17.2 Å². The number of thioether (sulfide) groups is 1. The Balaban J connectivity index is 1.52. The molecule has 0 unspecified atom stereocenters. The molecule has 4 aromatic rings. The number of aromatic hydroxyl groups is 1. The normalized spacial score (nSPS) is 11.3. The lowest BCUT2D eigenvalue weighted by Gasteiger charge is -2.11. The number of ether oxygens (including phenoxy) is 2. The molecular formula is C27H26ClN5O4S. The zero-order valence-corrected chi connectivity index (χ0v) is 22.6. The summed E-state index contributed by atoms with van der Waals surface area (Å²) in [6, 6.07) is 19.7. The van der Waals surface area contributed by atoms with E-state index < -0.39 is 0 Å². The second-order valence-corrected chi connectivity index (χ2v) is 9.36. The molecule has 11 heteroatoms. The molecule has 0 saturated carbocycles. The van der Waals surface area contributed by atoms with Crippen LogP contribution in [0.2, 0.25) is 5.02 Å². The van der Waals surface area contributed by atoms with Crippen molar-refractivity contribution in [3.05, 3.63) is 77.3 Å². The molecule has 1 heterocycles. The Hall–Kier alpha value is -4.02. The van der Waals surface area contributed by atoms with E-state index in [1.165, 1.54) is 24.9 Å². The highest BCUT2D eigenvalue weighted by Crippen LogP contribution is 2.30. The zero-order valence-electron chi connectivity index (χ0n) is 21.0. The monoisotopic (exact) mass is 551 g/mol. The van der Waals surface area contributed by atoms with E-state index in [0.29, 0.717) is 39.6 Å². The Morgan fingerprint density at radius 2 is 1.84 bits per heavy atom. The number of phenols is 1. The third kappa shape index (κ3) is 6.45. The fourth-order valence-electron chi connectivity index (χ4n) is 3.52. The Bertz CT molecular complexity index is 1440. The Morgan fingerprint density at radius 1 is 1.11 bits per heavy atom. The number of phenolic OH excluding ortho intramolecular Hbond substituents is 1. The average Bonchev–Trinajstić information content (AvgIpc) is 3.35. The van der Waals surface area contributed by atoms with Crippen molar-refractivity contribution in [2.45, 2.75) is 19.0 Å². The molecule has 3 aromatic carbocycles. The molecule has 1 amide bonds. The van der Waals surface area contributed by atoms with Crippen LogP contribution in [0.1, 0.15) is 19.4 Å². The first-order valence-electron chi connectivity index (χ1n) is 11.7. The number of carbonyl (C=O) groups is 1. The van der Waals surface area contributed by atoms with Crippen molar-refractivity contribution in [2.75, 3.05) is 19.5 Å². The summed E-state index contributed by atoms with van der Waals surface area (Å²) in [4.78, 5) is 12.6. The van der Waals surface area contributed by atoms with Crippen molar-refractivity contribution in [2.24, 2.45) is 5.10 Å². The highest BCUT2D eigenvalue weighted by Gasteiger charge is 2.18. The number of halogens is 1. The van der Waals surface area contributed by atoms with Crippen LogP contribution in [0.15, 0.2) is 77.0 Å². The zero-order chi connectivity index (χ0) is 27.1. The molecule has 0 atom stereocenters. The number of benzene rings is 3. The lowest BCUT2D eigenvalue weighted by Crippen LogP contribution is -2.21. The molecule has 0 bridgehead atoms. The number of hydrogen-bond acceptors (Lipinski definition) is 8.